The van der Waals surface area contributed by atoms with E-state index in [0.29, 0.717) is 0 Å². The Morgan fingerprint density at radius 1 is 1.44 bits per heavy atom. The fraction of sp³-hybridized carbons (Fsp3) is 0.182. The van der Waals surface area contributed by atoms with Crippen LogP contribution in [0.25, 0.3) is 0 Å². The lowest BCUT2D eigenvalue weighted by Crippen LogP contribution is -2.09. The summed E-state index contributed by atoms with van der Waals surface area (Å²) in [6, 6.07) is 1.94. The highest BCUT2D eigenvalue weighted by molar-refractivity contribution is 9.10. The van der Waals surface area contributed by atoms with Gasteiger partial charge in [-0.05, 0) is 22.0 Å². The third kappa shape index (κ3) is 3.41. The summed E-state index contributed by atoms with van der Waals surface area (Å²) >= 11 is 2.91. The molecule has 0 radical (unpaired) electrons. The van der Waals surface area contributed by atoms with Gasteiger partial charge in [0.25, 0.3) is 0 Å². The van der Waals surface area contributed by atoms with E-state index in [1.807, 2.05) is 0 Å². The minimum atomic E-state index is -0.767. The molecule has 0 bridgehead atoms. The molecule has 0 aliphatic heterocycles. The summed E-state index contributed by atoms with van der Waals surface area (Å²) in [5.41, 5.74) is 0.0855. The second-order valence-electron chi connectivity index (χ2n) is 3.01. The molecule has 0 atom stereocenters. The highest BCUT2D eigenvalue weighted by atomic mass is 79.9. The SMILES string of the molecule is C=CCOC(=O)Cc1cc(Br)c(F)cc1F. The topological polar surface area (TPSA) is 26.3 Å². The van der Waals surface area contributed by atoms with Gasteiger partial charge in [-0.3, -0.25) is 4.79 Å². The van der Waals surface area contributed by atoms with Gasteiger partial charge in [-0.2, -0.15) is 0 Å². The molecule has 0 N–H and O–H groups in total. The van der Waals surface area contributed by atoms with Crippen LogP contribution in [0.5, 0.6) is 0 Å². The second-order valence-corrected chi connectivity index (χ2v) is 3.86. The molecule has 1 rings (SSSR count). The van der Waals surface area contributed by atoms with E-state index >= 15 is 0 Å². The van der Waals surface area contributed by atoms with Crippen molar-refractivity contribution in [1.82, 2.24) is 0 Å². The van der Waals surface area contributed by atoms with Crippen molar-refractivity contribution in [2.45, 2.75) is 6.42 Å². The number of benzene rings is 1. The zero-order valence-corrected chi connectivity index (χ0v) is 9.89. The van der Waals surface area contributed by atoms with E-state index in [4.69, 9.17) is 0 Å². The van der Waals surface area contributed by atoms with E-state index in [2.05, 4.69) is 27.2 Å². The summed E-state index contributed by atoms with van der Waals surface area (Å²) in [6.45, 7) is 3.45. The molecular weight excluding hydrogens is 282 g/mol. The van der Waals surface area contributed by atoms with Gasteiger partial charge < -0.3 is 4.74 Å². The molecule has 86 valence electrons. The first-order chi connectivity index (χ1) is 7.54. The van der Waals surface area contributed by atoms with E-state index in [1.54, 1.807) is 0 Å². The van der Waals surface area contributed by atoms with Crippen LogP contribution in [0.2, 0.25) is 0 Å². The number of carbonyl (C=O) groups excluding carboxylic acids is 1. The van der Waals surface area contributed by atoms with Crippen LogP contribution in [0.1, 0.15) is 5.56 Å². The number of carbonyl (C=O) groups is 1. The average Bonchev–Trinajstić information content (AvgIpc) is 2.23. The fourth-order valence-electron chi connectivity index (χ4n) is 1.06. The number of esters is 1. The maximum atomic E-state index is 13.2. The molecule has 0 amide bonds. The van der Waals surface area contributed by atoms with Crippen LogP contribution in [0.15, 0.2) is 29.3 Å². The quantitative estimate of drug-likeness (QED) is 0.484. The van der Waals surface area contributed by atoms with E-state index in [0.717, 1.165) is 6.07 Å². The van der Waals surface area contributed by atoms with Crippen molar-refractivity contribution in [3.05, 3.63) is 46.5 Å². The maximum Gasteiger partial charge on any atom is 0.310 e. The molecule has 0 saturated carbocycles. The van der Waals surface area contributed by atoms with Gasteiger partial charge in [0, 0.05) is 11.6 Å². The van der Waals surface area contributed by atoms with Crippen molar-refractivity contribution >= 4 is 21.9 Å². The Bertz CT molecular complexity index is 419. The number of rotatable bonds is 4. The molecule has 0 saturated heterocycles. The van der Waals surface area contributed by atoms with Gasteiger partial charge in [-0.25, -0.2) is 8.78 Å². The monoisotopic (exact) mass is 290 g/mol. The Morgan fingerprint density at radius 3 is 2.75 bits per heavy atom. The molecular formula is C11H9BrF2O2. The Morgan fingerprint density at radius 2 is 2.12 bits per heavy atom. The van der Waals surface area contributed by atoms with E-state index in [9.17, 15) is 13.6 Å². The van der Waals surface area contributed by atoms with Gasteiger partial charge in [0.2, 0.25) is 0 Å². The summed E-state index contributed by atoms with van der Waals surface area (Å²) in [7, 11) is 0. The van der Waals surface area contributed by atoms with Gasteiger partial charge in [-0.1, -0.05) is 12.7 Å². The standard InChI is InChI=1S/C11H9BrF2O2/c1-2-3-16-11(15)5-7-4-8(12)10(14)6-9(7)13/h2,4,6H,1,3,5H2. The molecule has 0 aliphatic rings. The molecule has 0 aliphatic carbocycles. The third-order valence-corrected chi connectivity index (χ3v) is 2.39. The fourth-order valence-corrected chi connectivity index (χ4v) is 1.45. The first-order valence-electron chi connectivity index (χ1n) is 4.44. The van der Waals surface area contributed by atoms with Crippen molar-refractivity contribution in [3.8, 4) is 0 Å². The summed E-state index contributed by atoms with van der Waals surface area (Å²) in [5.74, 6) is -2.06. The van der Waals surface area contributed by atoms with Crippen molar-refractivity contribution in [3.63, 3.8) is 0 Å². The van der Waals surface area contributed by atoms with Gasteiger partial charge in [-0.15, -0.1) is 0 Å². The van der Waals surface area contributed by atoms with Crippen molar-refractivity contribution in [2.24, 2.45) is 0 Å². The first kappa shape index (κ1) is 12.8. The molecule has 2 nitrogen and oxygen atoms in total. The van der Waals surface area contributed by atoms with Crippen LogP contribution in [0, 0.1) is 11.6 Å². The van der Waals surface area contributed by atoms with Crippen LogP contribution in [-0.2, 0) is 16.0 Å². The van der Waals surface area contributed by atoms with Crippen LogP contribution >= 0.6 is 15.9 Å². The van der Waals surface area contributed by atoms with Crippen molar-refractivity contribution < 1.29 is 18.3 Å². The Labute approximate surface area is 100 Å². The summed E-state index contributed by atoms with van der Waals surface area (Å²) in [5, 5.41) is 0. The zero-order valence-electron chi connectivity index (χ0n) is 8.30. The van der Waals surface area contributed by atoms with E-state index in [1.165, 1.54) is 12.1 Å². The van der Waals surface area contributed by atoms with Crippen LogP contribution in [0.4, 0.5) is 8.78 Å². The van der Waals surface area contributed by atoms with Crippen LogP contribution in [-0.4, -0.2) is 12.6 Å². The minimum Gasteiger partial charge on any atom is -0.461 e. The minimum absolute atomic E-state index is 0.0722. The predicted molar refractivity (Wildman–Crippen MR) is 58.9 cm³/mol. The van der Waals surface area contributed by atoms with Gasteiger partial charge >= 0.3 is 5.97 Å². The molecule has 0 heterocycles. The summed E-state index contributed by atoms with van der Waals surface area (Å²) in [6.07, 6.45) is 1.17. The molecule has 0 fully saturated rings. The maximum absolute atomic E-state index is 13.2. The number of hydrogen-bond acceptors (Lipinski definition) is 2. The smallest absolute Gasteiger partial charge is 0.310 e. The predicted octanol–water partition coefficient (Wildman–Crippen LogP) is 3.00. The average molecular weight is 291 g/mol. The highest BCUT2D eigenvalue weighted by Crippen LogP contribution is 2.20. The zero-order chi connectivity index (χ0) is 12.1. The largest absolute Gasteiger partial charge is 0.461 e. The van der Waals surface area contributed by atoms with Gasteiger partial charge in [0.15, 0.2) is 0 Å². The van der Waals surface area contributed by atoms with Gasteiger partial charge in [0.05, 0.1) is 10.9 Å². The molecule has 0 aromatic heterocycles. The summed E-state index contributed by atoms with van der Waals surface area (Å²) in [4.78, 5) is 11.2. The normalized spacial score (nSPS) is 9.94. The number of hydrogen-bond donors (Lipinski definition) is 0. The molecule has 16 heavy (non-hydrogen) atoms. The summed E-state index contributed by atoms with van der Waals surface area (Å²) < 4.78 is 30.9. The second kappa shape index (κ2) is 5.75. The van der Waals surface area contributed by atoms with Crippen LogP contribution in [0.3, 0.4) is 0 Å². The van der Waals surface area contributed by atoms with Gasteiger partial charge in [0.1, 0.15) is 18.2 Å². The molecule has 0 spiro atoms. The Kier molecular flexibility index (Phi) is 4.61. The van der Waals surface area contributed by atoms with Crippen molar-refractivity contribution in [1.29, 1.82) is 0 Å². The molecule has 5 heteroatoms. The van der Waals surface area contributed by atoms with Crippen molar-refractivity contribution in [2.75, 3.05) is 6.61 Å². The lowest BCUT2D eigenvalue weighted by molar-refractivity contribution is -0.141. The van der Waals surface area contributed by atoms with E-state index < -0.39 is 17.6 Å². The molecule has 1 aromatic carbocycles. The molecule has 1 aromatic rings. The van der Waals surface area contributed by atoms with Crippen LogP contribution < -0.4 is 0 Å². The highest BCUT2D eigenvalue weighted by Gasteiger charge is 2.12. The third-order valence-electron chi connectivity index (χ3n) is 1.79. The lowest BCUT2D eigenvalue weighted by atomic mass is 10.1. The van der Waals surface area contributed by atoms with E-state index in [-0.39, 0.29) is 23.1 Å². The Hall–Kier alpha value is -1.23. The Balaban J connectivity index is 2.77. The first-order valence-corrected chi connectivity index (χ1v) is 5.24. The molecule has 0 unspecified atom stereocenters. The number of halogens is 3. The lowest BCUT2D eigenvalue weighted by Gasteiger charge is -2.04. The number of ether oxygens (including phenoxy) is 1.